The highest BCUT2D eigenvalue weighted by Crippen LogP contribution is 2.43. The number of aromatic nitrogens is 2. The summed E-state index contributed by atoms with van der Waals surface area (Å²) in [6.45, 7) is 16.2. The summed E-state index contributed by atoms with van der Waals surface area (Å²) in [6.07, 6.45) is 3.57. The fraction of sp³-hybridized carbons (Fsp3) is 0.343. The lowest BCUT2D eigenvalue weighted by Crippen LogP contribution is -2.33. The van der Waals surface area contributed by atoms with Crippen LogP contribution in [0.4, 0.5) is 0 Å². The van der Waals surface area contributed by atoms with Gasteiger partial charge < -0.3 is 19.5 Å². The molecule has 226 valence electrons. The van der Waals surface area contributed by atoms with Gasteiger partial charge in [-0.05, 0) is 62.1 Å². The number of carbonyl (C=O) groups excluding carboxylic acids is 2. The predicted octanol–water partition coefficient (Wildman–Crippen LogP) is 6.74. The monoisotopic (exact) mass is 583 g/mol. The van der Waals surface area contributed by atoms with Crippen LogP contribution in [0.2, 0.25) is 0 Å². The van der Waals surface area contributed by atoms with Crippen molar-refractivity contribution in [2.45, 2.75) is 47.5 Å². The molecule has 0 amide bonds. The van der Waals surface area contributed by atoms with Crippen molar-refractivity contribution < 1.29 is 23.8 Å². The van der Waals surface area contributed by atoms with Crippen LogP contribution < -0.4 is 10.1 Å². The number of hydrogen-bond acceptors (Lipinski definition) is 7. The molecule has 0 spiro atoms. The summed E-state index contributed by atoms with van der Waals surface area (Å²) in [6, 6.07) is 17.3. The number of ether oxygens (including phenoxy) is 3. The van der Waals surface area contributed by atoms with Crippen LogP contribution in [0.25, 0.3) is 16.9 Å². The van der Waals surface area contributed by atoms with E-state index < -0.39 is 17.9 Å². The Balaban J connectivity index is 1.93. The minimum absolute atomic E-state index is 0.144. The van der Waals surface area contributed by atoms with Gasteiger partial charge in [-0.25, -0.2) is 14.3 Å². The van der Waals surface area contributed by atoms with E-state index in [0.717, 1.165) is 11.3 Å². The molecule has 1 N–H and O–H groups in total. The Labute approximate surface area is 254 Å². The normalized spacial score (nSPS) is 13.8. The molecule has 0 atom stereocenters. The van der Waals surface area contributed by atoms with E-state index in [1.807, 2.05) is 102 Å². The van der Waals surface area contributed by atoms with Gasteiger partial charge in [0.05, 0.1) is 41.7 Å². The molecule has 0 bridgehead atoms. The minimum Gasteiger partial charge on any atom is -0.490 e. The predicted molar refractivity (Wildman–Crippen MR) is 168 cm³/mol. The Bertz CT molecular complexity index is 1470. The maximum atomic E-state index is 13.8. The average molecular weight is 584 g/mol. The molecule has 2 aromatic carbocycles. The second kappa shape index (κ2) is 14.1. The maximum absolute atomic E-state index is 13.8. The maximum Gasteiger partial charge on any atom is 0.336 e. The molecule has 8 heteroatoms. The third-order valence-corrected chi connectivity index (χ3v) is 6.87. The number of benzene rings is 2. The average Bonchev–Trinajstić information content (AvgIpc) is 3.43. The van der Waals surface area contributed by atoms with E-state index in [1.54, 1.807) is 10.8 Å². The molecule has 3 aromatic rings. The first-order chi connectivity index (χ1) is 20.6. The van der Waals surface area contributed by atoms with Crippen molar-refractivity contribution in [3.63, 3.8) is 0 Å². The van der Waals surface area contributed by atoms with Crippen LogP contribution in [-0.2, 0) is 19.1 Å². The first kappa shape index (κ1) is 31.3. The van der Waals surface area contributed by atoms with E-state index in [0.29, 0.717) is 46.2 Å². The Morgan fingerprint density at radius 3 is 1.98 bits per heavy atom. The highest BCUT2D eigenvalue weighted by molar-refractivity contribution is 6.00. The van der Waals surface area contributed by atoms with Crippen molar-refractivity contribution in [1.82, 2.24) is 15.1 Å². The zero-order valence-electron chi connectivity index (χ0n) is 25.8. The SMILES string of the molecule is C=CCOc1ccc(-c2nn(-c3ccccc3)cc2C2C(C(=O)OCC(C)C)=C(C)NC(C)=C2C(=O)OCC(C)C)cc1. The Morgan fingerprint density at radius 2 is 1.47 bits per heavy atom. The molecular formula is C35H41N3O5. The van der Waals surface area contributed by atoms with Gasteiger partial charge in [0.2, 0.25) is 0 Å². The number of nitrogens with one attached hydrogen (secondary N) is 1. The standard InChI is InChI=1S/C35H41N3O5/c1-8-18-41-28-16-14-26(15-17-28)33-29(19-38(37-33)27-12-10-9-11-13-27)32-30(34(39)42-20-22(2)3)24(6)36-25(7)31(32)35(40)43-21-23(4)5/h8-17,19,22-23,32,36H,1,18,20-21H2,2-7H3. The lowest BCUT2D eigenvalue weighted by molar-refractivity contribution is -0.141. The largest absolute Gasteiger partial charge is 0.490 e. The van der Waals surface area contributed by atoms with Gasteiger partial charge in [0.15, 0.2) is 0 Å². The Morgan fingerprint density at radius 1 is 0.907 bits per heavy atom. The highest BCUT2D eigenvalue weighted by atomic mass is 16.5. The lowest BCUT2D eigenvalue weighted by atomic mass is 9.79. The van der Waals surface area contributed by atoms with Crippen molar-refractivity contribution in [2.75, 3.05) is 19.8 Å². The second-order valence-electron chi connectivity index (χ2n) is 11.5. The molecule has 0 saturated carbocycles. The Kier molecular flexibility index (Phi) is 10.2. The van der Waals surface area contributed by atoms with E-state index >= 15 is 0 Å². The molecule has 0 unspecified atom stereocenters. The lowest BCUT2D eigenvalue weighted by Gasteiger charge is -2.30. The number of esters is 2. The third-order valence-electron chi connectivity index (χ3n) is 6.87. The van der Waals surface area contributed by atoms with E-state index in [1.165, 1.54) is 0 Å². The van der Waals surface area contributed by atoms with E-state index in [2.05, 4.69) is 11.9 Å². The van der Waals surface area contributed by atoms with Crippen LogP contribution in [0.15, 0.2) is 96.0 Å². The molecule has 8 nitrogen and oxygen atoms in total. The molecule has 2 heterocycles. The smallest absolute Gasteiger partial charge is 0.336 e. The quantitative estimate of drug-likeness (QED) is 0.187. The summed E-state index contributed by atoms with van der Waals surface area (Å²) in [7, 11) is 0. The van der Waals surface area contributed by atoms with E-state index in [9.17, 15) is 9.59 Å². The molecule has 0 saturated heterocycles. The van der Waals surface area contributed by atoms with Crippen LogP contribution in [0.1, 0.15) is 53.0 Å². The number of dihydropyridines is 1. The van der Waals surface area contributed by atoms with Crippen molar-refractivity contribution in [1.29, 1.82) is 0 Å². The van der Waals surface area contributed by atoms with Gasteiger partial charge in [-0.2, -0.15) is 5.10 Å². The van der Waals surface area contributed by atoms with Crippen LogP contribution in [0, 0.1) is 11.8 Å². The van der Waals surface area contributed by atoms with Gasteiger partial charge in [0, 0.05) is 28.7 Å². The fourth-order valence-electron chi connectivity index (χ4n) is 4.89. The molecule has 0 fully saturated rings. The topological polar surface area (TPSA) is 91.7 Å². The number of nitrogens with zero attached hydrogens (tertiary/aromatic N) is 2. The summed E-state index contributed by atoms with van der Waals surface area (Å²) < 4.78 is 19.0. The van der Waals surface area contributed by atoms with Gasteiger partial charge in [0.25, 0.3) is 0 Å². The second-order valence-corrected chi connectivity index (χ2v) is 11.5. The molecule has 0 radical (unpaired) electrons. The summed E-state index contributed by atoms with van der Waals surface area (Å²) in [4.78, 5) is 27.5. The zero-order valence-corrected chi connectivity index (χ0v) is 25.8. The van der Waals surface area contributed by atoms with Crippen molar-refractivity contribution in [3.05, 3.63) is 102 Å². The van der Waals surface area contributed by atoms with E-state index in [4.69, 9.17) is 19.3 Å². The number of allylic oxidation sites excluding steroid dienone is 2. The molecule has 1 aliphatic heterocycles. The fourth-order valence-corrected chi connectivity index (χ4v) is 4.89. The van der Waals surface area contributed by atoms with Crippen molar-refractivity contribution in [2.24, 2.45) is 11.8 Å². The number of rotatable bonds is 12. The van der Waals surface area contributed by atoms with E-state index in [-0.39, 0.29) is 25.0 Å². The molecule has 1 aromatic heterocycles. The van der Waals surface area contributed by atoms with Crippen LogP contribution >= 0.6 is 0 Å². The van der Waals surface area contributed by atoms with Gasteiger partial charge in [-0.1, -0.05) is 58.5 Å². The molecule has 0 aliphatic carbocycles. The van der Waals surface area contributed by atoms with Gasteiger partial charge >= 0.3 is 11.9 Å². The van der Waals surface area contributed by atoms with Gasteiger partial charge in [-0.15, -0.1) is 0 Å². The Hall–Kier alpha value is -4.59. The number of hydrogen-bond donors (Lipinski definition) is 1. The van der Waals surface area contributed by atoms with Gasteiger partial charge in [-0.3, -0.25) is 0 Å². The number of carbonyl (C=O) groups is 2. The first-order valence-electron chi connectivity index (χ1n) is 14.6. The first-order valence-corrected chi connectivity index (χ1v) is 14.6. The van der Waals surface area contributed by atoms with Gasteiger partial charge in [0.1, 0.15) is 12.4 Å². The van der Waals surface area contributed by atoms with Crippen molar-refractivity contribution >= 4 is 11.9 Å². The highest BCUT2D eigenvalue weighted by Gasteiger charge is 2.40. The van der Waals surface area contributed by atoms with Crippen LogP contribution in [0.5, 0.6) is 5.75 Å². The molecule has 4 rings (SSSR count). The summed E-state index contributed by atoms with van der Waals surface area (Å²) in [5.41, 5.74) is 4.86. The van der Waals surface area contributed by atoms with Crippen LogP contribution in [-0.4, -0.2) is 41.5 Å². The molecule has 1 aliphatic rings. The van der Waals surface area contributed by atoms with Crippen molar-refractivity contribution in [3.8, 4) is 22.7 Å². The zero-order chi connectivity index (χ0) is 31.1. The summed E-state index contributed by atoms with van der Waals surface area (Å²) in [5.74, 6) is -0.785. The minimum atomic E-state index is -0.787. The number of para-hydroxylation sites is 1. The summed E-state index contributed by atoms with van der Waals surface area (Å²) >= 11 is 0. The summed E-state index contributed by atoms with van der Waals surface area (Å²) in [5, 5.41) is 8.24. The van der Waals surface area contributed by atoms with Crippen LogP contribution in [0.3, 0.4) is 0 Å². The molecule has 43 heavy (non-hydrogen) atoms. The third kappa shape index (κ3) is 7.44. The molecular weight excluding hydrogens is 542 g/mol.